The van der Waals surface area contributed by atoms with Crippen molar-refractivity contribution in [3.05, 3.63) is 6.92 Å². The molecular formula is C6H13Li2+. The molecule has 0 aliphatic heterocycles. The third-order valence-electron chi connectivity index (χ3n) is 0.854. The minimum absolute atomic E-state index is 0. The molecule has 0 aliphatic rings. The number of rotatable bonds is 3. The maximum absolute atomic E-state index is 3.72. The van der Waals surface area contributed by atoms with Gasteiger partial charge in [0.05, 0.1) is 0 Å². The first-order chi connectivity index (χ1) is 2.91. The van der Waals surface area contributed by atoms with E-state index in [0.717, 1.165) is 6.42 Å². The second-order valence-electron chi connectivity index (χ2n) is 1.56. The van der Waals surface area contributed by atoms with Gasteiger partial charge < -0.3 is 6.92 Å². The van der Waals surface area contributed by atoms with Crippen LogP contribution in [-0.2, 0) is 0 Å². The Bertz CT molecular complexity index is 18.5. The molecule has 0 amide bonds. The van der Waals surface area contributed by atoms with Gasteiger partial charge in [-0.15, -0.1) is 0 Å². The van der Waals surface area contributed by atoms with Crippen molar-refractivity contribution in [2.24, 2.45) is 0 Å². The van der Waals surface area contributed by atoms with Crippen molar-refractivity contribution in [1.29, 1.82) is 0 Å². The van der Waals surface area contributed by atoms with E-state index in [1.54, 1.807) is 0 Å². The van der Waals surface area contributed by atoms with Crippen LogP contribution in [0, 0.1) is 6.92 Å². The summed E-state index contributed by atoms with van der Waals surface area (Å²) in [4.78, 5) is 0. The van der Waals surface area contributed by atoms with Gasteiger partial charge in [-0.05, 0) is 0 Å². The van der Waals surface area contributed by atoms with Crippen LogP contribution in [-0.4, -0.2) is 0 Å². The van der Waals surface area contributed by atoms with Crippen LogP contribution in [0.4, 0.5) is 0 Å². The Labute approximate surface area is 77.2 Å². The van der Waals surface area contributed by atoms with Crippen molar-refractivity contribution in [3.8, 4) is 0 Å². The topological polar surface area (TPSA) is 0 Å². The average molecular weight is 99.1 g/mol. The fraction of sp³-hybridized carbons (Fsp3) is 0.833. The summed E-state index contributed by atoms with van der Waals surface area (Å²) in [5.74, 6) is 0. The van der Waals surface area contributed by atoms with E-state index in [-0.39, 0.29) is 37.7 Å². The summed E-state index contributed by atoms with van der Waals surface area (Å²) >= 11 is 0. The molecule has 0 saturated carbocycles. The Morgan fingerprint density at radius 2 is 1.62 bits per heavy atom. The molecule has 0 rings (SSSR count). The second-order valence-corrected chi connectivity index (χ2v) is 1.56. The number of hydrogen-bond acceptors (Lipinski definition) is 0. The molecule has 0 fully saturated rings. The third-order valence-corrected chi connectivity index (χ3v) is 0.854. The SMILES string of the molecule is [CH2-]CCCCC.[Li+].[Li+]. The Kier molecular flexibility index (Phi) is 31.6. The van der Waals surface area contributed by atoms with E-state index in [9.17, 15) is 0 Å². The third kappa shape index (κ3) is 15.7. The van der Waals surface area contributed by atoms with E-state index >= 15 is 0 Å². The van der Waals surface area contributed by atoms with Gasteiger partial charge in [0, 0.05) is 0 Å². The molecule has 0 unspecified atom stereocenters. The predicted molar refractivity (Wildman–Crippen MR) is 29.5 cm³/mol. The maximum atomic E-state index is 3.72. The van der Waals surface area contributed by atoms with E-state index in [4.69, 9.17) is 0 Å². The van der Waals surface area contributed by atoms with Crippen LogP contribution in [0.25, 0.3) is 0 Å². The van der Waals surface area contributed by atoms with Gasteiger partial charge in [-0.25, -0.2) is 0 Å². The van der Waals surface area contributed by atoms with Crippen LogP contribution >= 0.6 is 0 Å². The van der Waals surface area contributed by atoms with Gasteiger partial charge in [0.15, 0.2) is 0 Å². The predicted octanol–water partition coefficient (Wildman–Crippen LogP) is -3.59. The van der Waals surface area contributed by atoms with Gasteiger partial charge in [-0.3, -0.25) is 0 Å². The monoisotopic (exact) mass is 99.1 g/mol. The van der Waals surface area contributed by atoms with Crippen LogP contribution in [0.5, 0.6) is 0 Å². The Hall–Kier alpha value is 1.19. The molecule has 0 aromatic rings. The van der Waals surface area contributed by atoms with Crippen LogP contribution in [0.2, 0.25) is 0 Å². The second kappa shape index (κ2) is 15.7. The average Bonchev–Trinajstić information content (AvgIpc) is 1.61. The van der Waals surface area contributed by atoms with E-state index in [1.807, 2.05) is 0 Å². The van der Waals surface area contributed by atoms with Crippen molar-refractivity contribution in [2.45, 2.75) is 32.6 Å². The Morgan fingerprint density at radius 1 is 1.12 bits per heavy atom. The molecule has 0 aromatic heterocycles. The van der Waals surface area contributed by atoms with Crippen LogP contribution in [0.15, 0.2) is 0 Å². The molecule has 0 nitrogen and oxygen atoms in total. The zero-order chi connectivity index (χ0) is 4.83. The standard InChI is InChI=1S/C6H13.2Li/c1-3-5-6-4-2;;/h1,3-6H2,2H3;;/q-1;2*+1. The molecular weight excluding hydrogens is 85.9 g/mol. The van der Waals surface area contributed by atoms with E-state index < -0.39 is 0 Å². The largest absolute Gasteiger partial charge is 1.00 e. The van der Waals surface area contributed by atoms with Crippen molar-refractivity contribution in [2.75, 3.05) is 0 Å². The summed E-state index contributed by atoms with van der Waals surface area (Å²) in [5.41, 5.74) is 0. The molecule has 0 heterocycles. The summed E-state index contributed by atoms with van der Waals surface area (Å²) in [6, 6.07) is 0. The van der Waals surface area contributed by atoms with Crippen LogP contribution < -0.4 is 37.7 Å². The van der Waals surface area contributed by atoms with Gasteiger partial charge in [0.2, 0.25) is 0 Å². The molecule has 0 spiro atoms. The van der Waals surface area contributed by atoms with Gasteiger partial charge in [0.1, 0.15) is 0 Å². The zero-order valence-electron chi connectivity index (χ0n) is 6.54. The first-order valence-corrected chi connectivity index (χ1v) is 2.71. The van der Waals surface area contributed by atoms with Crippen molar-refractivity contribution >= 4 is 0 Å². The minimum atomic E-state index is 0. The molecule has 0 N–H and O–H groups in total. The van der Waals surface area contributed by atoms with Crippen molar-refractivity contribution in [1.82, 2.24) is 0 Å². The van der Waals surface area contributed by atoms with Gasteiger partial charge in [-0.1, -0.05) is 26.2 Å². The fourth-order valence-electron chi connectivity index (χ4n) is 0.427. The van der Waals surface area contributed by atoms with Gasteiger partial charge in [0.25, 0.3) is 0 Å². The Morgan fingerprint density at radius 3 is 1.75 bits per heavy atom. The van der Waals surface area contributed by atoms with Crippen LogP contribution in [0.1, 0.15) is 32.6 Å². The summed E-state index contributed by atoms with van der Waals surface area (Å²) in [5, 5.41) is 0. The van der Waals surface area contributed by atoms with Crippen molar-refractivity contribution in [3.63, 3.8) is 0 Å². The van der Waals surface area contributed by atoms with E-state index in [0.29, 0.717) is 0 Å². The normalized spacial score (nSPS) is 6.75. The smallest absolute Gasteiger partial charge is 0.343 e. The molecule has 2 heteroatoms. The summed E-state index contributed by atoms with van der Waals surface area (Å²) in [6.07, 6.45) is 5.07. The molecule has 0 bridgehead atoms. The maximum Gasteiger partial charge on any atom is 1.00 e. The number of unbranched alkanes of at least 4 members (excludes halogenated alkanes) is 3. The Balaban J connectivity index is -0.000000125. The summed E-state index contributed by atoms with van der Waals surface area (Å²) in [6.45, 7) is 5.93. The number of hydrogen-bond donors (Lipinski definition) is 0. The molecule has 38 valence electrons. The minimum Gasteiger partial charge on any atom is -0.343 e. The first-order valence-electron chi connectivity index (χ1n) is 2.71. The summed E-state index contributed by atoms with van der Waals surface area (Å²) < 4.78 is 0. The van der Waals surface area contributed by atoms with Gasteiger partial charge >= 0.3 is 37.7 Å². The molecule has 0 saturated heterocycles. The van der Waals surface area contributed by atoms with E-state index in [2.05, 4.69) is 13.8 Å². The van der Waals surface area contributed by atoms with Crippen LogP contribution in [0.3, 0.4) is 0 Å². The molecule has 8 heavy (non-hydrogen) atoms. The van der Waals surface area contributed by atoms with E-state index in [1.165, 1.54) is 19.3 Å². The fourth-order valence-corrected chi connectivity index (χ4v) is 0.427. The van der Waals surface area contributed by atoms with Crippen molar-refractivity contribution < 1.29 is 37.7 Å². The molecule has 0 radical (unpaired) electrons. The quantitative estimate of drug-likeness (QED) is 0.195. The zero-order valence-corrected chi connectivity index (χ0v) is 6.54. The summed E-state index contributed by atoms with van der Waals surface area (Å²) in [7, 11) is 0. The molecule has 0 aromatic carbocycles. The molecule has 0 atom stereocenters. The molecule has 0 aliphatic carbocycles. The van der Waals surface area contributed by atoms with Gasteiger partial charge in [-0.2, -0.15) is 6.42 Å². The first kappa shape index (κ1) is 16.1.